The third kappa shape index (κ3) is 5.53. The first-order chi connectivity index (χ1) is 19.0. The molecule has 3 aromatic carbocycles. The van der Waals surface area contributed by atoms with Gasteiger partial charge in [-0.3, -0.25) is 9.69 Å². The van der Waals surface area contributed by atoms with Gasteiger partial charge in [-0.25, -0.2) is 4.79 Å². The van der Waals surface area contributed by atoms with Crippen LogP contribution in [0.5, 0.6) is 23.0 Å². The third-order valence-electron chi connectivity index (χ3n) is 6.75. The van der Waals surface area contributed by atoms with Gasteiger partial charge in [-0.15, -0.1) is 0 Å². The van der Waals surface area contributed by atoms with E-state index in [1.807, 2.05) is 18.2 Å². The molecule has 9 heteroatoms. The highest BCUT2D eigenvalue weighted by molar-refractivity contribution is 5.90. The smallest absolute Gasteiger partial charge is 0.415 e. The number of benzene rings is 3. The molecule has 1 amide bonds. The van der Waals surface area contributed by atoms with Gasteiger partial charge < -0.3 is 28.3 Å². The first-order valence-electron chi connectivity index (χ1n) is 12.6. The molecule has 5 rings (SSSR count). The number of carbonyl (C=O) groups is 1. The molecule has 0 atom stereocenters. The van der Waals surface area contributed by atoms with Crippen LogP contribution >= 0.6 is 0 Å². The Bertz CT molecular complexity index is 1510. The Morgan fingerprint density at radius 3 is 2.18 bits per heavy atom. The van der Waals surface area contributed by atoms with E-state index in [2.05, 4.69) is 17.0 Å². The van der Waals surface area contributed by atoms with E-state index in [1.165, 1.54) is 33.0 Å². The summed E-state index contributed by atoms with van der Waals surface area (Å²) in [6.45, 7) is 3.63. The van der Waals surface area contributed by atoms with Crippen LogP contribution in [0.25, 0.3) is 22.3 Å². The van der Waals surface area contributed by atoms with Crippen molar-refractivity contribution < 1.29 is 28.2 Å². The van der Waals surface area contributed by atoms with E-state index in [0.717, 1.165) is 19.6 Å². The van der Waals surface area contributed by atoms with Gasteiger partial charge in [0, 0.05) is 50.4 Å². The van der Waals surface area contributed by atoms with Gasteiger partial charge in [0.2, 0.25) is 5.75 Å². The SMILES string of the molecule is COc1cc2oc(-c3ccc(OC(=O)N4CCN(Cc5ccccc5)CC4)cc3)cc(=O)c2c(OC)c1OC. The summed E-state index contributed by atoms with van der Waals surface area (Å²) < 4.78 is 27.8. The predicted molar refractivity (Wildman–Crippen MR) is 147 cm³/mol. The van der Waals surface area contributed by atoms with Crippen LogP contribution in [0.4, 0.5) is 4.79 Å². The van der Waals surface area contributed by atoms with E-state index in [4.69, 9.17) is 23.4 Å². The van der Waals surface area contributed by atoms with E-state index in [1.54, 1.807) is 35.2 Å². The van der Waals surface area contributed by atoms with Crippen molar-refractivity contribution in [3.63, 3.8) is 0 Å². The monoisotopic (exact) mass is 530 g/mol. The average molecular weight is 531 g/mol. The van der Waals surface area contributed by atoms with Crippen LogP contribution in [-0.4, -0.2) is 63.4 Å². The summed E-state index contributed by atoms with van der Waals surface area (Å²) in [7, 11) is 4.42. The molecule has 1 aliphatic rings. The first-order valence-corrected chi connectivity index (χ1v) is 12.6. The minimum atomic E-state index is -0.382. The van der Waals surface area contributed by atoms with Crippen molar-refractivity contribution >= 4 is 17.1 Å². The van der Waals surface area contributed by atoms with Crippen LogP contribution in [0.15, 0.2) is 75.9 Å². The fraction of sp³-hybridized carbons (Fsp3) is 0.267. The Labute approximate surface area is 226 Å². The predicted octanol–water partition coefficient (Wildman–Crippen LogP) is 4.80. The fourth-order valence-electron chi connectivity index (χ4n) is 4.71. The Balaban J connectivity index is 1.27. The van der Waals surface area contributed by atoms with Crippen LogP contribution in [0.3, 0.4) is 0 Å². The maximum atomic E-state index is 13.0. The third-order valence-corrected chi connectivity index (χ3v) is 6.75. The van der Waals surface area contributed by atoms with Crippen molar-refractivity contribution in [1.29, 1.82) is 0 Å². The number of methoxy groups -OCH3 is 3. The molecule has 1 aliphatic heterocycles. The fourth-order valence-corrected chi connectivity index (χ4v) is 4.71. The summed E-state index contributed by atoms with van der Waals surface area (Å²) in [5.41, 5.74) is 1.92. The second-order valence-corrected chi connectivity index (χ2v) is 9.13. The highest BCUT2D eigenvalue weighted by Gasteiger charge is 2.23. The molecule has 39 heavy (non-hydrogen) atoms. The lowest BCUT2D eigenvalue weighted by atomic mass is 10.1. The van der Waals surface area contributed by atoms with Crippen molar-refractivity contribution in [2.75, 3.05) is 47.5 Å². The van der Waals surface area contributed by atoms with E-state index < -0.39 is 0 Å². The summed E-state index contributed by atoms with van der Waals surface area (Å²) in [5, 5.41) is 0.258. The molecule has 0 radical (unpaired) electrons. The normalized spacial score (nSPS) is 13.8. The number of hydrogen-bond donors (Lipinski definition) is 0. The molecule has 4 aromatic rings. The number of amides is 1. The Morgan fingerprint density at radius 1 is 0.846 bits per heavy atom. The lowest BCUT2D eigenvalue weighted by molar-refractivity contribution is 0.108. The van der Waals surface area contributed by atoms with E-state index in [9.17, 15) is 9.59 Å². The van der Waals surface area contributed by atoms with Gasteiger partial charge in [-0.1, -0.05) is 30.3 Å². The molecule has 0 saturated carbocycles. The summed E-state index contributed by atoms with van der Waals surface area (Å²) in [5.74, 6) is 1.71. The molecule has 0 spiro atoms. The Kier molecular flexibility index (Phi) is 7.69. The molecule has 1 fully saturated rings. The topological polar surface area (TPSA) is 90.7 Å². The van der Waals surface area contributed by atoms with Crippen molar-refractivity contribution in [3.05, 3.63) is 82.5 Å². The molecule has 0 N–H and O–H groups in total. The van der Waals surface area contributed by atoms with Gasteiger partial charge in [-0.2, -0.15) is 0 Å². The van der Waals surface area contributed by atoms with Gasteiger partial charge in [0.05, 0.1) is 21.3 Å². The number of rotatable bonds is 7. The highest BCUT2D eigenvalue weighted by Crippen LogP contribution is 2.42. The van der Waals surface area contributed by atoms with Crippen LogP contribution in [-0.2, 0) is 6.54 Å². The molecule has 1 aromatic heterocycles. The van der Waals surface area contributed by atoms with E-state index >= 15 is 0 Å². The number of hydrogen-bond acceptors (Lipinski definition) is 8. The van der Waals surface area contributed by atoms with Crippen molar-refractivity contribution in [2.24, 2.45) is 0 Å². The van der Waals surface area contributed by atoms with Gasteiger partial charge >= 0.3 is 6.09 Å². The van der Waals surface area contributed by atoms with Crippen molar-refractivity contribution in [3.8, 4) is 34.3 Å². The van der Waals surface area contributed by atoms with Crippen LogP contribution < -0.4 is 24.4 Å². The largest absolute Gasteiger partial charge is 0.493 e. The summed E-state index contributed by atoms with van der Waals surface area (Å²) in [6.07, 6.45) is -0.382. The molecule has 0 aliphatic carbocycles. The van der Waals surface area contributed by atoms with Crippen LogP contribution in [0.2, 0.25) is 0 Å². The number of carbonyl (C=O) groups excluding carboxylic acids is 1. The molecule has 0 unspecified atom stereocenters. The van der Waals surface area contributed by atoms with Crippen LogP contribution in [0, 0.1) is 0 Å². The zero-order valence-corrected chi connectivity index (χ0v) is 22.1. The molecule has 2 heterocycles. The maximum Gasteiger partial charge on any atom is 0.415 e. The van der Waals surface area contributed by atoms with E-state index in [0.29, 0.717) is 47.2 Å². The zero-order valence-electron chi connectivity index (χ0n) is 22.1. The molecular formula is C30H30N2O7. The summed E-state index contributed by atoms with van der Waals surface area (Å²) in [4.78, 5) is 29.8. The number of piperazine rings is 1. The second-order valence-electron chi connectivity index (χ2n) is 9.13. The molecule has 0 bridgehead atoms. The van der Waals surface area contributed by atoms with Gasteiger partial charge in [-0.05, 0) is 29.8 Å². The number of nitrogens with zero attached hydrogens (tertiary/aromatic N) is 2. The number of fused-ring (bicyclic) bond motifs is 1. The quantitative estimate of drug-likeness (QED) is 0.337. The minimum absolute atomic E-state index is 0.246. The maximum absolute atomic E-state index is 13.0. The lowest BCUT2D eigenvalue weighted by Crippen LogP contribution is -2.49. The van der Waals surface area contributed by atoms with Crippen molar-refractivity contribution in [2.45, 2.75) is 6.54 Å². The number of ether oxygens (including phenoxy) is 4. The van der Waals surface area contributed by atoms with Crippen LogP contribution in [0.1, 0.15) is 5.56 Å². The molecule has 202 valence electrons. The van der Waals surface area contributed by atoms with Gasteiger partial charge in [0.1, 0.15) is 22.5 Å². The summed E-state index contributed by atoms with van der Waals surface area (Å²) >= 11 is 0. The van der Waals surface area contributed by atoms with E-state index in [-0.39, 0.29) is 22.7 Å². The minimum Gasteiger partial charge on any atom is -0.493 e. The highest BCUT2D eigenvalue weighted by atomic mass is 16.6. The average Bonchev–Trinajstić information content (AvgIpc) is 2.97. The van der Waals surface area contributed by atoms with Crippen molar-refractivity contribution in [1.82, 2.24) is 9.80 Å². The Hall–Kier alpha value is -4.50. The second kappa shape index (κ2) is 11.5. The lowest BCUT2D eigenvalue weighted by Gasteiger charge is -2.34. The molecule has 9 nitrogen and oxygen atoms in total. The van der Waals surface area contributed by atoms with Gasteiger partial charge in [0.15, 0.2) is 16.9 Å². The Morgan fingerprint density at radius 2 is 1.54 bits per heavy atom. The summed E-state index contributed by atoms with van der Waals surface area (Å²) in [6, 6.07) is 20.1. The standard InChI is InChI=1S/C30H30N2O7/c1-35-26-18-25-27(29(37-3)28(26)36-2)23(33)17-24(39-25)21-9-11-22(12-10-21)38-30(34)32-15-13-31(14-16-32)19-20-7-5-4-6-8-20/h4-12,17-18H,13-16,19H2,1-3H3. The molecule has 1 saturated heterocycles. The first kappa shape index (κ1) is 26.1. The molecular weight excluding hydrogens is 500 g/mol. The zero-order chi connectivity index (χ0) is 27.4. The van der Waals surface area contributed by atoms with Gasteiger partial charge in [0.25, 0.3) is 0 Å².